The lowest BCUT2D eigenvalue weighted by atomic mass is 10.2. The standard InChI is InChI=1S/C11H22N2O4/c1-17-9-5-4-8-13-11(16)12-7-3-2-6-10(14)15/h2-9H2,1H3,(H,14,15)(H2,12,13,16). The second kappa shape index (κ2) is 11.2. The highest BCUT2D eigenvalue weighted by molar-refractivity contribution is 5.73. The summed E-state index contributed by atoms with van der Waals surface area (Å²) in [6, 6.07) is -0.197. The van der Waals surface area contributed by atoms with Gasteiger partial charge in [-0.15, -0.1) is 0 Å². The van der Waals surface area contributed by atoms with Gasteiger partial charge in [0.25, 0.3) is 0 Å². The second-order valence-corrected chi connectivity index (χ2v) is 3.73. The van der Waals surface area contributed by atoms with Gasteiger partial charge in [0.05, 0.1) is 0 Å². The van der Waals surface area contributed by atoms with Crippen LogP contribution < -0.4 is 10.6 Å². The van der Waals surface area contributed by atoms with E-state index >= 15 is 0 Å². The number of amides is 2. The fraction of sp³-hybridized carbons (Fsp3) is 0.818. The number of ether oxygens (including phenoxy) is 1. The molecule has 0 aliphatic heterocycles. The molecule has 17 heavy (non-hydrogen) atoms. The maximum Gasteiger partial charge on any atom is 0.314 e. The summed E-state index contributed by atoms with van der Waals surface area (Å²) >= 11 is 0. The van der Waals surface area contributed by atoms with E-state index < -0.39 is 5.97 Å². The van der Waals surface area contributed by atoms with Crippen molar-refractivity contribution < 1.29 is 19.4 Å². The van der Waals surface area contributed by atoms with Crippen molar-refractivity contribution in [2.45, 2.75) is 32.1 Å². The van der Waals surface area contributed by atoms with Crippen LogP contribution in [0.3, 0.4) is 0 Å². The zero-order valence-corrected chi connectivity index (χ0v) is 10.3. The molecular weight excluding hydrogens is 224 g/mol. The topological polar surface area (TPSA) is 87.7 Å². The van der Waals surface area contributed by atoms with Gasteiger partial charge in [-0.25, -0.2) is 4.79 Å². The molecule has 0 aromatic carbocycles. The lowest BCUT2D eigenvalue weighted by Crippen LogP contribution is -2.36. The summed E-state index contributed by atoms with van der Waals surface area (Å²) in [7, 11) is 1.65. The van der Waals surface area contributed by atoms with E-state index in [1.165, 1.54) is 0 Å². The zero-order chi connectivity index (χ0) is 12.9. The van der Waals surface area contributed by atoms with Crippen LogP contribution in [0.25, 0.3) is 0 Å². The van der Waals surface area contributed by atoms with Crippen molar-refractivity contribution in [3.05, 3.63) is 0 Å². The van der Waals surface area contributed by atoms with E-state index in [0.717, 1.165) is 12.8 Å². The van der Waals surface area contributed by atoms with E-state index in [0.29, 0.717) is 32.5 Å². The molecule has 0 unspecified atom stereocenters. The summed E-state index contributed by atoms with van der Waals surface area (Å²) < 4.78 is 4.88. The van der Waals surface area contributed by atoms with Gasteiger partial charge in [0.1, 0.15) is 0 Å². The number of rotatable bonds is 10. The van der Waals surface area contributed by atoms with E-state index in [-0.39, 0.29) is 12.5 Å². The van der Waals surface area contributed by atoms with E-state index in [1.54, 1.807) is 7.11 Å². The van der Waals surface area contributed by atoms with E-state index in [4.69, 9.17) is 9.84 Å². The monoisotopic (exact) mass is 246 g/mol. The number of hydrogen-bond donors (Lipinski definition) is 3. The van der Waals surface area contributed by atoms with Crippen molar-refractivity contribution in [2.75, 3.05) is 26.8 Å². The first kappa shape index (κ1) is 15.7. The molecule has 0 bridgehead atoms. The maximum atomic E-state index is 11.2. The third-order valence-electron chi connectivity index (χ3n) is 2.16. The molecule has 0 heterocycles. The molecule has 0 radical (unpaired) electrons. The number of carboxylic acid groups (broad SMARTS) is 1. The van der Waals surface area contributed by atoms with Crippen LogP contribution in [-0.4, -0.2) is 43.9 Å². The van der Waals surface area contributed by atoms with Crippen LogP contribution in [0.15, 0.2) is 0 Å². The third-order valence-corrected chi connectivity index (χ3v) is 2.16. The molecule has 3 N–H and O–H groups in total. The molecule has 0 saturated heterocycles. The third kappa shape index (κ3) is 12.6. The predicted molar refractivity (Wildman–Crippen MR) is 64.0 cm³/mol. The summed E-state index contributed by atoms with van der Waals surface area (Å²) in [5.41, 5.74) is 0. The normalized spacial score (nSPS) is 9.94. The second-order valence-electron chi connectivity index (χ2n) is 3.73. The summed E-state index contributed by atoms with van der Waals surface area (Å²) in [5.74, 6) is -0.799. The Morgan fingerprint density at radius 2 is 1.65 bits per heavy atom. The summed E-state index contributed by atoms with van der Waals surface area (Å²) in [6.07, 6.45) is 3.24. The van der Waals surface area contributed by atoms with Crippen LogP contribution in [0.2, 0.25) is 0 Å². The van der Waals surface area contributed by atoms with Crippen LogP contribution in [0.1, 0.15) is 32.1 Å². The molecule has 100 valence electrons. The Balaban J connectivity index is 3.20. The summed E-state index contributed by atoms with van der Waals surface area (Å²) in [6.45, 7) is 1.85. The molecule has 0 fully saturated rings. The molecule has 6 nitrogen and oxygen atoms in total. The number of unbranched alkanes of at least 4 members (excludes halogenated alkanes) is 2. The molecule has 0 aromatic heterocycles. The van der Waals surface area contributed by atoms with Gasteiger partial charge in [-0.05, 0) is 25.7 Å². The van der Waals surface area contributed by atoms with Gasteiger partial charge < -0.3 is 20.5 Å². The number of nitrogens with one attached hydrogen (secondary N) is 2. The van der Waals surface area contributed by atoms with E-state index in [2.05, 4.69) is 10.6 Å². The van der Waals surface area contributed by atoms with Crippen molar-refractivity contribution in [2.24, 2.45) is 0 Å². The largest absolute Gasteiger partial charge is 0.481 e. The fourth-order valence-corrected chi connectivity index (χ4v) is 1.24. The Morgan fingerprint density at radius 1 is 1.06 bits per heavy atom. The van der Waals surface area contributed by atoms with Crippen molar-refractivity contribution >= 4 is 12.0 Å². The minimum atomic E-state index is -0.799. The average Bonchev–Trinajstić information content (AvgIpc) is 2.28. The van der Waals surface area contributed by atoms with Crippen LogP contribution in [0.5, 0.6) is 0 Å². The van der Waals surface area contributed by atoms with Gasteiger partial charge in [-0.1, -0.05) is 0 Å². The molecule has 0 rings (SSSR count). The molecule has 0 aromatic rings. The van der Waals surface area contributed by atoms with Crippen LogP contribution in [-0.2, 0) is 9.53 Å². The Bertz CT molecular complexity index is 222. The van der Waals surface area contributed by atoms with Crippen molar-refractivity contribution in [1.29, 1.82) is 0 Å². The SMILES string of the molecule is COCCCCNC(=O)NCCCCC(=O)O. The molecule has 0 aliphatic carbocycles. The Hall–Kier alpha value is -1.30. The van der Waals surface area contributed by atoms with Crippen molar-refractivity contribution in [3.8, 4) is 0 Å². The average molecular weight is 246 g/mol. The minimum Gasteiger partial charge on any atom is -0.481 e. The number of urea groups is 1. The number of methoxy groups -OCH3 is 1. The van der Waals surface area contributed by atoms with Crippen molar-refractivity contribution in [3.63, 3.8) is 0 Å². The summed E-state index contributed by atoms with van der Waals surface area (Å²) in [4.78, 5) is 21.4. The highest BCUT2D eigenvalue weighted by Crippen LogP contribution is 1.93. The number of hydrogen-bond acceptors (Lipinski definition) is 3. The highest BCUT2D eigenvalue weighted by Gasteiger charge is 1.99. The molecule has 6 heteroatoms. The van der Waals surface area contributed by atoms with Crippen LogP contribution in [0, 0.1) is 0 Å². The fourth-order valence-electron chi connectivity index (χ4n) is 1.24. The zero-order valence-electron chi connectivity index (χ0n) is 10.3. The quantitative estimate of drug-likeness (QED) is 0.501. The molecule has 0 spiro atoms. The maximum absolute atomic E-state index is 11.2. The molecule has 0 saturated carbocycles. The highest BCUT2D eigenvalue weighted by atomic mass is 16.5. The van der Waals surface area contributed by atoms with Gasteiger partial charge in [-0.2, -0.15) is 0 Å². The van der Waals surface area contributed by atoms with Gasteiger partial charge in [-0.3, -0.25) is 4.79 Å². The minimum absolute atomic E-state index is 0.153. The lowest BCUT2D eigenvalue weighted by molar-refractivity contribution is -0.137. The molecule has 0 aliphatic rings. The first-order valence-electron chi connectivity index (χ1n) is 5.89. The van der Waals surface area contributed by atoms with Gasteiger partial charge in [0, 0.05) is 33.2 Å². The first-order valence-corrected chi connectivity index (χ1v) is 5.89. The van der Waals surface area contributed by atoms with Gasteiger partial charge >= 0.3 is 12.0 Å². The first-order chi connectivity index (χ1) is 8.16. The summed E-state index contributed by atoms with van der Waals surface area (Å²) in [5, 5.41) is 13.8. The van der Waals surface area contributed by atoms with Crippen LogP contribution in [0.4, 0.5) is 4.79 Å². The van der Waals surface area contributed by atoms with Crippen LogP contribution >= 0.6 is 0 Å². The van der Waals surface area contributed by atoms with E-state index in [1.807, 2.05) is 0 Å². The van der Waals surface area contributed by atoms with E-state index in [9.17, 15) is 9.59 Å². The Morgan fingerprint density at radius 3 is 2.18 bits per heavy atom. The van der Waals surface area contributed by atoms with Gasteiger partial charge in [0.2, 0.25) is 0 Å². The van der Waals surface area contributed by atoms with Gasteiger partial charge in [0.15, 0.2) is 0 Å². The number of carboxylic acids is 1. The molecular formula is C11H22N2O4. The predicted octanol–water partition coefficient (Wildman–Crippen LogP) is 0.967. The Labute approximate surface area is 102 Å². The molecule has 0 atom stereocenters. The van der Waals surface area contributed by atoms with Crippen molar-refractivity contribution in [1.82, 2.24) is 10.6 Å². The number of carbonyl (C=O) groups excluding carboxylic acids is 1. The Kier molecular flexibility index (Phi) is 10.3. The number of carbonyl (C=O) groups is 2. The number of aliphatic carboxylic acids is 1. The molecule has 2 amide bonds. The lowest BCUT2D eigenvalue weighted by Gasteiger charge is -2.06. The smallest absolute Gasteiger partial charge is 0.314 e.